The summed E-state index contributed by atoms with van der Waals surface area (Å²) in [5.41, 5.74) is 0.284. The Hall–Kier alpha value is -1.43. The zero-order valence-corrected chi connectivity index (χ0v) is 13.4. The van der Waals surface area contributed by atoms with E-state index in [4.69, 9.17) is 4.74 Å². The molecule has 1 aliphatic rings. The van der Waals surface area contributed by atoms with Gasteiger partial charge in [-0.2, -0.15) is 0 Å². The van der Waals surface area contributed by atoms with Gasteiger partial charge in [0.15, 0.2) is 0 Å². The summed E-state index contributed by atoms with van der Waals surface area (Å²) in [6, 6.07) is 4.09. The van der Waals surface area contributed by atoms with Crippen molar-refractivity contribution in [3.05, 3.63) is 34.1 Å². The largest absolute Gasteiger partial charge is 0.466 e. The number of halogens is 2. The number of benzene rings is 1. The molecule has 0 saturated carbocycles. The van der Waals surface area contributed by atoms with Crippen LogP contribution >= 0.6 is 15.9 Å². The molecule has 1 aliphatic heterocycles. The van der Waals surface area contributed by atoms with Crippen LogP contribution in [0.3, 0.4) is 0 Å². The Balaban J connectivity index is 2.10. The molecule has 0 spiro atoms. The van der Waals surface area contributed by atoms with Gasteiger partial charge in [-0.3, -0.25) is 9.59 Å². The van der Waals surface area contributed by atoms with Crippen LogP contribution in [0.25, 0.3) is 0 Å². The normalized spacial score (nSPS) is 18.4. The van der Waals surface area contributed by atoms with Gasteiger partial charge >= 0.3 is 5.97 Å². The first-order chi connectivity index (χ1) is 10.0. The van der Waals surface area contributed by atoms with E-state index in [1.165, 1.54) is 12.1 Å². The molecule has 1 heterocycles. The third kappa shape index (κ3) is 4.03. The molecule has 114 valence electrons. The van der Waals surface area contributed by atoms with Crippen LogP contribution in [0.1, 0.15) is 30.1 Å². The fourth-order valence-electron chi connectivity index (χ4n) is 2.47. The second-order valence-electron chi connectivity index (χ2n) is 5.00. The SMILES string of the molecule is CCOC(=O)[C@H]1CCCN(C(=O)c2cc(F)cc(Br)c2)C1. The number of likely N-dealkylation sites (tertiary alicyclic amines) is 1. The minimum absolute atomic E-state index is 0.260. The van der Waals surface area contributed by atoms with Crippen molar-refractivity contribution in [1.29, 1.82) is 0 Å². The Kier molecular flexibility index (Phi) is 5.33. The minimum Gasteiger partial charge on any atom is -0.466 e. The van der Waals surface area contributed by atoms with E-state index < -0.39 is 5.82 Å². The molecule has 4 nitrogen and oxygen atoms in total. The Labute approximate surface area is 131 Å². The number of ether oxygens (including phenoxy) is 1. The van der Waals surface area contributed by atoms with Crippen molar-refractivity contribution in [2.75, 3.05) is 19.7 Å². The maximum atomic E-state index is 13.4. The average molecular weight is 358 g/mol. The van der Waals surface area contributed by atoms with E-state index in [-0.39, 0.29) is 23.4 Å². The molecule has 1 aromatic carbocycles. The highest BCUT2D eigenvalue weighted by atomic mass is 79.9. The number of amides is 1. The molecule has 0 unspecified atom stereocenters. The monoisotopic (exact) mass is 357 g/mol. The van der Waals surface area contributed by atoms with Gasteiger partial charge in [-0.15, -0.1) is 0 Å². The van der Waals surface area contributed by atoms with E-state index in [2.05, 4.69) is 15.9 Å². The molecule has 1 amide bonds. The van der Waals surface area contributed by atoms with Gasteiger partial charge in [0.2, 0.25) is 0 Å². The topological polar surface area (TPSA) is 46.6 Å². The fourth-order valence-corrected chi connectivity index (χ4v) is 2.94. The average Bonchev–Trinajstić information content (AvgIpc) is 2.46. The number of hydrogen-bond acceptors (Lipinski definition) is 3. The molecular formula is C15H17BrFNO3. The smallest absolute Gasteiger partial charge is 0.310 e. The van der Waals surface area contributed by atoms with Crippen LogP contribution in [0.2, 0.25) is 0 Å². The van der Waals surface area contributed by atoms with E-state index in [9.17, 15) is 14.0 Å². The van der Waals surface area contributed by atoms with E-state index in [0.717, 1.165) is 12.8 Å². The van der Waals surface area contributed by atoms with Crippen molar-refractivity contribution in [3.8, 4) is 0 Å². The molecule has 0 N–H and O–H groups in total. The van der Waals surface area contributed by atoms with Gasteiger partial charge in [0.1, 0.15) is 5.82 Å². The van der Waals surface area contributed by atoms with Crippen molar-refractivity contribution >= 4 is 27.8 Å². The molecule has 2 rings (SSSR count). The van der Waals surface area contributed by atoms with Crippen molar-refractivity contribution < 1.29 is 18.7 Å². The predicted molar refractivity (Wildman–Crippen MR) is 79.4 cm³/mol. The predicted octanol–water partition coefficient (Wildman–Crippen LogP) is 3.00. The highest BCUT2D eigenvalue weighted by Gasteiger charge is 2.29. The molecule has 0 bridgehead atoms. The molecule has 6 heteroatoms. The molecule has 21 heavy (non-hydrogen) atoms. The van der Waals surface area contributed by atoms with E-state index in [0.29, 0.717) is 24.2 Å². The van der Waals surface area contributed by atoms with Crippen molar-refractivity contribution in [1.82, 2.24) is 4.90 Å². The molecule has 1 fully saturated rings. The van der Waals surface area contributed by atoms with Gasteiger partial charge in [0.05, 0.1) is 12.5 Å². The zero-order valence-electron chi connectivity index (χ0n) is 11.8. The summed E-state index contributed by atoms with van der Waals surface area (Å²) in [6.45, 7) is 2.99. The summed E-state index contributed by atoms with van der Waals surface area (Å²) >= 11 is 3.18. The Morgan fingerprint density at radius 3 is 2.86 bits per heavy atom. The summed E-state index contributed by atoms with van der Waals surface area (Å²) in [5.74, 6) is -1.29. The lowest BCUT2D eigenvalue weighted by atomic mass is 9.97. The molecule has 1 aromatic rings. The highest BCUT2D eigenvalue weighted by Crippen LogP contribution is 2.22. The number of rotatable bonds is 3. The number of esters is 1. The van der Waals surface area contributed by atoms with Gasteiger partial charge in [-0.25, -0.2) is 4.39 Å². The second-order valence-corrected chi connectivity index (χ2v) is 5.92. The zero-order chi connectivity index (χ0) is 15.4. The fraction of sp³-hybridized carbons (Fsp3) is 0.467. The first-order valence-corrected chi connectivity index (χ1v) is 7.72. The molecule has 0 radical (unpaired) electrons. The Morgan fingerprint density at radius 1 is 1.43 bits per heavy atom. The van der Waals surface area contributed by atoms with Crippen LogP contribution in [0.4, 0.5) is 4.39 Å². The van der Waals surface area contributed by atoms with Gasteiger partial charge in [0.25, 0.3) is 5.91 Å². The first-order valence-electron chi connectivity index (χ1n) is 6.93. The van der Waals surface area contributed by atoms with Crippen LogP contribution in [-0.2, 0) is 9.53 Å². The quantitative estimate of drug-likeness (QED) is 0.781. The van der Waals surface area contributed by atoms with Crippen molar-refractivity contribution in [2.45, 2.75) is 19.8 Å². The van der Waals surface area contributed by atoms with Gasteiger partial charge in [-0.1, -0.05) is 15.9 Å². The summed E-state index contributed by atoms with van der Waals surface area (Å²) in [4.78, 5) is 25.8. The molecule has 1 atom stereocenters. The molecular weight excluding hydrogens is 341 g/mol. The molecule has 0 aliphatic carbocycles. The van der Waals surface area contributed by atoms with Gasteiger partial charge in [-0.05, 0) is 38.0 Å². The number of hydrogen-bond donors (Lipinski definition) is 0. The third-order valence-electron chi connectivity index (χ3n) is 3.44. The van der Waals surface area contributed by atoms with Crippen LogP contribution in [0.5, 0.6) is 0 Å². The van der Waals surface area contributed by atoms with E-state index >= 15 is 0 Å². The summed E-state index contributed by atoms with van der Waals surface area (Å²) in [5, 5.41) is 0. The lowest BCUT2D eigenvalue weighted by Gasteiger charge is -2.31. The summed E-state index contributed by atoms with van der Waals surface area (Å²) in [7, 11) is 0. The maximum absolute atomic E-state index is 13.4. The van der Waals surface area contributed by atoms with Crippen LogP contribution < -0.4 is 0 Å². The lowest BCUT2D eigenvalue weighted by molar-refractivity contribution is -0.149. The van der Waals surface area contributed by atoms with Gasteiger partial charge in [0, 0.05) is 23.1 Å². The Morgan fingerprint density at radius 2 is 2.19 bits per heavy atom. The Bertz CT molecular complexity index is 529. The van der Waals surface area contributed by atoms with Crippen LogP contribution in [0.15, 0.2) is 22.7 Å². The first kappa shape index (κ1) is 15.9. The summed E-state index contributed by atoms with van der Waals surface area (Å²) < 4.78 is 18.9. The number of carbonyl (C=O) groups excluding carboxylic acids is 2. The standard InChI is InChI=1S/C15H17BrFNO3/c1-2-21-15(20)10-4-3-5-18(9-10)14(19)11-6-12(16)8-13(17)7-11/h6-8,10H,2-5,9H2,1H3/t10-/m0/s1. The third-order valence-corrected chi connectivity index (χ3v) is 3.90. The molecule has 1 saturated heterocycles. The van der Waals surface area contributed by atoms with Crippen LogP contribution in [-0.4, -0.2) is 36.5 Å². The highest BCUT2D eigenvalue weighted by molar-refractivity contribution is 9.10. The maximum Gasteiger partial charge on any atom is 0.310 e. The van der Waals surface area contributed by atoms with Crippen LogP contribution in [0, 0.1) is 11.7 Å². The summed E-state index contributed by atoms with van der Waals surface area (Å²) in [6.07, 6.45) is 1.46. The van der Waals surface area contributed by atoms with Gasteiger partial charge < -0.3 is 9.64 Å². The van der Waals surface area contributed by atoms with E-state index in [1.807, 2.05) is 0 Å². The van der Waals surface area contributed by atoms with E-state index in [1.54, 1.807) is 17.9 Å². The lowest BCUT2D eigenvalue weighted by Crippen LogP contribution is -2.42. The number of carbonyl (C=O) groups is 2. The van der Waals surface area contributed by atoms with Crippen molar-refractivity contribution in [2.24, 2.45) is 5.92 Å². The second kappa shape index (κ2) is 7.02. The minimum atomic E-state index is -0.466. The number of piperidine rings is 1. The molecule has 0 aromatic heterocycles. The number of nitrogens with zero attached hydrogens (tertiary/aromatic N) is 1. The van der Waals surface area contributed by atoms with Crippen molar-refractivity contribution in [3.63, 3.8) is 0 Å².